The molecule has 140 valence electrons. The van der Waals surface area contributed by atoms with Crippen LogP contribution in [0.4, 0.5) is 4.39 Å². The van der Waals surface area contributed by atoms with Gasteiger partial charge in [-0.25, -0.2) is 4.39 Å². The van der Waals surface area contributed by atoms with E-state index in [1.807, 2.05) is 25.1 Å². The first-order chi connectivity index (χ1) is 12.7. The number of methoxy groups -OCH3 is 1. The highest BCUT2D eigenvalue weighted by molar-refractivity contribution is 5.79. The summed E-state index contributed by atoms with van der Waals surface area (Å²) in [4.78, 5) is 4.48. The SMILES string of the molecule is CCNC(=NCCc1ccccc1F)NCCc1cccc(OC)c1O. The van der Waals surface area contributed by atoms with Crippen LogP contribution in [0.15, 0.2) is 47.5 Å². The Labute approximate surface area is 153 Å². The van der Waals surface area contributed by atoms with Gasteiger partial charge in [0.15, 0.2) is 17.5 Å². The number of aliphatic imine (C=N–C) groups is 1. The van der Waals surface area contributed by atoms with E-state index in [4.69, 9.17) is 4.74 Å². The Morgan fingerprint density at radius 1 is 1.08 bits per heavy atom. The van der Waals surface area contributed by atoms with Crippen LogP contribution in [-0.4, -0.2) is 37.8 Å². The first kappa shape index (κ1) is 19.6. The monoisotopic (exact) mass is 359 g/mol. The van der Waals surface area contributed by atoms with Crippen LogP contribution in [0.2, 0.25) is 0 Å². The molecule has 0 aliphatic heterocycles. The molecule has 0 fully saturated rings. The zero-order valence-corrected chi connectivity index (χ0v) is 15.3. The standard InChI is InChI=1S/C20H26FN3O2/c1-3-22-20(23-13-11-15-7-4-5-9-17(15)21)24-14-12-16-8-6-10-18(26-2)19(16)25/h4-10,25H,3,11-14H2,1-2H3,(H2,22,23,24). The quantitative estimate of drug-likeness (QED) is 0.501. The van der Waals surface area contributed by atoms with Crippen LogP contribution in [0, 0.1) is 5.82 Å². The summed E-state index contributed by atoms with van der Waals surface area (Å²) in [5.74, 6) is 1.10. The second kappa shape index (κ2) is 10.3. The molecule has 5 nitrogen and oxygen atoms in total. The van der Waals surface area contributed by atoms with Gasteiger partial charge in [0.2, 0.25) is 0 Å². The number of para-hydroxylation sites is 1. The number of guanidine groups is 1. The molecule has 0 saturated carbocycles. The Morgan fingerprint density at radius 2 is 1.85 bits per heavy atom. The van der Waals surface area contributed by atoms with Gasteiger partial charge >= 0.3 is 0 Å². The van der Waals surface area contributed by atoms with Crippen molar-refractivity contribution in [3.8, 4) is 11.5 Å². The third-order valence-electron chi connectivity index (χ3n) is 3.94. The van der Waals surface area contributed by atoms with Crippen LogP contribution in [0.5, 0.6) is 11.5 Å². The fraction of sp³-hybridized carbons (Fsp3) is 0.350. The summed E-state index contributed by atoms with van der Waals surface area (Å²) in [5.41, 5.74) is 1.47. The summed E-state index contributed by atoms with van der Waals surface area (Å²) in [6.45, 7) is 3.81. The number of ether oxygens (including phenoxy) is 1. The Balaban J connectivity index is 1.88. The van der Waals surface area contributed by atoms with Crippen molar-refractivity contribution in [3.05, 3.63) is 59.4 Å². The largest absolute Gasteiger partial charge is 0.504 e. The maximum absolute atomic E-state index is 13.6. The minimum absolute atomic E-state index is 0.165. The Kier molecular flexibility index (Phi) is 7.74. The van der Waals surface area contributed by atoms with E-state index in [0.29, 0.717) is 43.2 Å². The summed E-state index contributed by atoms with van der Waals surface area (Å²) in [6, 6.07) is 12.2. The van der Waals surface area contributed by atoms with Crippen molar-refractivity contribution in [1.82, 2.24) is 10.6 Å². The Bertz CT molecular complexity index is 735. The van der Waals surface area contributed by atoms with Crippen molar-refractivity contribution in [1.29, 1.82) is 0 Å². The summed E-state index contributed by atoms with van der Waals surface area (Å²) >= 11 is 0. The van der Waals surface area contributed by atoms with Gasteiger partial charge in [0.1, 0.15) is 5.82 Å². The van der Waals surface area contributed by atoms with Crippen LogP contribution in [0.25, 0.3) is 0 Å². The van der Waals surface area contributed by atoms with Crippen LogP contribution in [0.3, 0.4) is 0 Å². The van der Waals surface area contributed by atoms with Gasteiger partial charge in [0.05, 0.1) is 7.11 Å². The van der Waals surface area contributed by atoms with Crippen molar-refractivity contribution >= 4 is 5.96 Å². The van der Waals surface area contributed by atoms with Gasteiger partial charge in [-0.2, -0.15) is 0 Å². The molecule has 0 spiro atoms. The average molecular weight is 359 g/mol. The predicted molar refractivity (Wildman–Crippen MR) is 102 cm³/mol. The topological polar surface area (TPSA) is 65.9 Å². The second-order valence-corrected chi connectivity index (χ2v) is 5.75. The van der Waals surface area contributed by atoms with E-state index in [2.05, 4.69) is 15.6 Å². The molecule has 0 heterocycles. The molecule has 0 aliphatic carbocycles. The molecular formula is C20H26FN3O2. The number of aromatic hydroxyl groups is 1. The zero-order valence-electron chi connectivity index (χ0n) is 15.3. The molecule has 3 N–H and O–H groups in total. The van der Waals surface area contributed by atoms with Gasteiger partial charge in [0.25, 0.3) is 0 Å². The lowest BCUT2D eigenvalue weighted by Crippen LogP contribution is -2.38. The second-order valence-electron chi connectivity index (χ2n) is 5.75. The molecule has 0 atom stereocenters. The number of benzene rings is 2. The molecule has 6 heteroatoms. The Hall–Kier alpha value is -2.76. The molecule has 0 aromatic heterocycles. The molecule has 0 unspecified atom stereocenters. The van der Waals surface area contributed by atoms with Gasteiger partial charge in [-0.1, -0.05) is 30.3 Å². The number of rotatable bonds is 8. The number of phenolic OH excluding ortho intramolecular Hbond substituents is 1. The lowest BCUT2D eigenvalue weighted by Gasteiger charge is -2.13. The maximum atomic E-state index is 13.6. The third-order valence-corrected chi connectivity index (χ3v) is 3.94. The molecule has 0 amide bonds. The highest BCUT2D eigenvalue weighted by Crippen LogP contribution is 2.29. The van der Waals surface area contributed by atoms with E-state index in [-0.39, 0.29) is 11.6 Å². The van der Waals surface area contributed by atoms with Gasteiger partial charge in [-0.15, -0.1) is 0 Å². The molecule has 0 saturated heterocycles. The minimum Gasteiger partial charge on any atom is -0.504 e. The summed E-state index contributed by atoms with van der Waals surface area (Å²) in [6.07, 6.45) is 1.17. The van der Waals surface area contributed by atoms with Crippen molar-refractivity contribution in [2.45, 2.75) is 19.8 Å². The first-order valence-corrected chi connectivity index (χ1v) is 8.76. The highest BCUT2D eigenvalue weighted by atomic mass is 19.1. The van der Waals surface area contributed by atoms with E-state index in [1.165, 1.54) is 13.2 Å². The molecule has 0 radical (unpaired) electrons. The normalized spacial score (nSPS) is 11.3. The molecular weight excluding hydrogens is 333 g/mol. The smallest absolute Gasteiger partial charge is 0.191 e. The Morgan fingerprint density at radius 3 is 2.58 bits per heavy atom. The van der Waals surface area contributed by atoms with Gasteiger partial charge < -0.3 is 20.5 Å². The van der Waals surface area contributed by atoms with Crippen molar-refractivity contribution < 1.29 is 14.2 Å². The molecule has 0 aliphatic rings. The number of nitrogens with zero attached hydrogens (tertiary/aromatic N) is 1. The lowest BCUT2D eigenvalue weighted by molar-refractivity contribution is 0.370. The number of nitrogens with one attached hydrogen (secondary N) is 2. The van der Waals surface area contributed by atoms with Crippen LogP contribution in [0.1, 0.15) is 18.1 Å². The van der Waals surface area contributed by atoms with E-state index in [1.54, 1.807) is 18.2 Å². The summed E-state index contributed by atoms with van der Waals surface area (Å²) < 4.78 is 18.8. The molecule has 0 bridgehead atoms. The molecule has 2 aromatic carbocycles. The lowest BCUT2D eigenvalue weighted by atomic mass is 10.1. The van der Waals surface area contributed by atoms with Gasteiger partial charge in [-0.05, 0) is 43.0 Å². The van der Waals surface area contributed by atoms with E-state index >= 15 is 0 Å². The number of hydrogen-bond acceptors (Lipinski definition) is 3. The van der Waals surface area contributed by atoms with E-state index in [0.717, 1.165) is 12.1 Å². The van der Waals surface area contributed by atoms with E-state index < -0.39 is 0 Å². The predicted octanol–water partition coefficient (Wildman–Crippen LogP) is 2.88. The van der Waals surface area contributed by atoms with Crippen LogP contribution >= 0.6 is 0 Å². The van der Waals surface area contributed by atoms with Crippen LogP contribution < -0.4 is 15.4 Å². The van der Waals surface area contributed by atoms with Crippen molar-refractivity contribution in [2.24, 2.45) is 4.99 Å². The van der Waals surface area contributed by atoms with Gasteiger partial charge in [0, 0.05) is 19.6 Å². The highest BCUT2D eigenvalue weighted by Gasteiger charge is 2.07. The zero-order chi connectivity index (χ0) is 18.8. The fourth-order valence-electron chi connectivity index (χ4n) is 2.58. The van der Waals surface area contributed by atoms with Crippen molar-refractivity contribution in [2.75, 3.05) is 26.7 Å². The fourth-order valence-corrected chi connectivity index (χ4v) is 2.58. The minimum atomic E-state index is -0.200. The first-order valence-electron chi connectivity index (χ1n) is 8.76. The van der Waals surface area contributed by atoms with Crippen LogP contribution in [-0.2, 0) is 12.8 Å². The number of phenols is 1. The third kappa shape index (κ3) is 5.65. The molecule has 2 rings (SSSR count). The number of halogens is 1. The van der Waals surface area contributed by atoms with Crippen molar-refractivity contribution in [3.63, 3.8) is 0 Å². The molecule has 26 heavy (non-hydrogen) atoms. The van der Waals surface area contributed by atoms with E-state index in [9.17, 15) is 9.50 Å². The van der Waals surface area contributed by atoms with Gasteiger partial charge in [-0.3, -0.25) is 4.99 Å². The average Bonchev–Trinajstić information content (AvgIpc) is 2.64. The number of hydrogen-bond donors (Lipinski definition) is 3. The molecule has 2 aromatic rings. The summed E-state index contributed by atoms with van der Waals surface area (Å²) in [7, 11) is 1.53. The maximum Gasteiger partial charge on any atom is 0.191 e. The summed E-state index contributed by atoms with van der Waals surface area (Å²) in [5, 5.41) is 16.5.